The first kappa shape index (κ1) is 20.9. The van der Waals surface area contributed by atoms with Crippen molar-refractivity contribution in [2.24, 2.45) is 17.3 Å². The van der Waals surface area contributed by atoms with Crippen LogP contribution in [0.3, 0.4) is 0 Å². The molecule has 0 unspecified atom stereocenters. The van der Waals surface area contributed by atoms with Crippen molar-refractivity contribution in [3.63, 3.8) is 0 Å². The number of anilines is 1. The highest BCUT2D eigenvalue weighted by Crippen LogP contribution is 2.38. The first-order chi connectivity index (χ1) is 12.8. The third kappa shape index (κ3) is 5.05. The van der Waals surface area contributed by atoms with Gasteiger partial charge in [0.05, 0.1) is 25.6 Å². The number of H-pyrrole nitrogens is 1. The van der Waals surface area contributed by atoms with Crippen LogP contribution < -0.4 is 4.72 Å². The number of aromatic nitrogens is 4. The summed E-state index contributed by atoms with van der Waals surface area (Å²) in [6, 6.07) is 0. The summed E-state index contributed by atoms with van der Waals surface area (Å²) in [5.74, 6) is 0.233. The number of aryl methyl sites for hydroxylation is 1. The lowest BCUT2D eigenvalue weighted by Gasteiger charge is -2.15. The number of nitrogens with one attached hydrogen (secondary N) is 2. The zero-order valence-corrected chi connectivity index (χ0v) is 16.9. The van der Waals surface area contributed by atoms with E-state index in [1.807, 2.05) is 20.8 Å². The van der Waals surface area contributed by atoms with Crippen LogP contribution in [0, 0.1) is 0 Å². The zero-order valence-electron chi connectivity index (χ0n) is 16.1. The lowest BCUT2D eigenvalue weighted by molar-refractivity contribution is -0.159. The van der Waals surface area contributed by atoms with Crippen LogP contribution in [0.15, 0.2) is 16.4 Å². The number of hydrogen-bond donors (Lipinski definition) is 2. The standard InChI is InChI=1S/C15H23N7O4S/c1-7-25-14(23)9-8-16-18-12(9)19-17-10-11(15(2,3)4)20-22(5)13(10)21-27-26-24-6/h8,21H,7H2,1-6H3,(H,16,18)/b19-17+. The Morgan fingerprint density at radius 2 is 2.15 bits per heavy atom. The van der Waals surface area contributed by atoms with Crippen LogP contribution in [0.2, 0.25) is 0 Å². The van der Waals surface area contributed by atoms with Crippen LogP contribution in [0.4, 0.5) is 17.3 Å². The number of ether oxygens (including phenoxy) is 1. The molecule has 0 aromatic carbocycles. The predicted octanol–water partition coefficient (Wildman–Crippen LogP) is 3.59. The minimum atomic E-state index is -0.523. The summed E-state index contributed by atoms with van der Waals surface area (Å²) < 4.78 is 14.4. The molecule has 0 aliphatic rings. The Hall–Kier alpha value is -2.44. The van der Waals surface area contributed by atoms with E-state index < -0.39 is 5.97 Å². The van der Waals surface area contributed by atoms with Crippen LogP contribution in [-0.2, 0) is 26.4 Å². The molecule has 27 heavy (non-hydrogen) atoms. The Bertz CT molecular complexity index is 810. The first-order valence-electron chi connectivity index (χ1n) is 8.11. The van der Waals surface area contributed by atoms with E-state index in [1.165, 1.54) is 13.3 Å². The molecule has 0 atom stereocenters. The molecule has 2 aromatic heterocycles. The maximum Gasteiger partial charge on any atom is 0.343 e. The molecule has 0 spiro atoms. The van der Waals surface area contributed by atoms with Crippen LogP contribution in [-0.4, -0.2) is 39.7 Å². The van der Waals surface area contributed by atoms with E-state index in [1.54, 1.807) is 18.7 Å². The van der Waals surface area contributed by atoms with Gasteiger partial charge in [-0.3, -0.25) is 9.82 Å². The van der Waals surface area contributed by atoms with Gasteiger partial charge < -0.3 is 4.74 Å². The molecule has 0 saturated heterocycles. The van der Waals surface area contributed by atoms with Crippen LogP contribution in [0.5, 0.6) is 0 Å². The first-order valence-corrected chi connectivity index (χ1v) is 8.85. The van der Waals surface area contributed by atoms with E-state index in [-0.39, 0.29) is 23.4 Å². The number of aromatic amines is 1. The van der Waals surface area contributed by atoms with Gasteiger partial charge in [-0.1, -0.05) is 20.8 Å². The third-order valence-corrected chi connectivity index (χ3v) is 3.82. The molecule has 0 bridgehead atoms. The van der Waals surface area contributed by atoms with Gasteiger partial charge >= 0.3 is 5.97 Å². The van der Waals surface area contributed by atoms with Gasteiger partial charge in [0, 0.05) is 12.5 Å². The number of esters is 1. The molecule has 11 nitrogen and oxygen atoms in total. The van der Waals surface area contributed by atoms with Gasteiger partial charge in [0.25, 0.3) is 0 Å². The number of carbonyl (C=O) groups is 1. The summed E-state index contributed by atoms with van der Waals surface area (Å²) in [6.07, 6.45) is 1.35. The number of azo groups is 1. The Labute approximate surface area is 161 Å². The summed E-state index contributed by atoms with van der Waals surface area (Å²) in [5.41, 5.74) is 1.12. The average Bonchev–Trinajstić information content (AvgIpc) is 3.18. The minimum absolute atomic E-state index is 0.198. The van der Waals surface area contributed by atoms with Crippen molar-refractivity contribution >= 4 is 35.5 Å². The third-order valence-electron chi connectivity index (χ3n) is 3.34. The maximum absolute atomic E-state index is 12.0. The molecule has 12 heteroatoms. The van der Waals surface area contributed by atoms with Crippen LogP contribution in [0.1, 0.15) is 43.7 Å². The van der Waals surface area contributed by atoms with Crippen molar-refractivity contribution in [1.82, 2.24) is 20.0 Å². The molecule has 2 N–H and O–H groups in total. The van der Waals surface area contributed by atoms with Gasteiger partial charge in [0.15, 0.2) is 17.3 Å². The molecule has 0 fully saturated rings. The van der Waals surface area contributed by atoms with Crippen molar-refractivity contribution in [3.05, 3.63) is 17.5 Å². The van der Waals surface area contributed by atoms with E-state index in [2.05, 4.69) is 35.1 Å². The van der Waals surface area contributed by atoms with Gasteiger partial charge in [0.1, 0.15) is 17.8 Å². The van der Waals surface area contributed by atoms with Crippen LogP contribution in [0.25, 0.3) is 0 Å². The Morgan fingerprint density at radius 1 is 1.41 bits per heavy atom. The highest BCUT2D eigenvalue weighted by atomic mass is 32.2. The van der Waals surface area contributed by atoms with Gasteiger partial charge in [-0.05, 0) is 6.92 Å². The predicted molar refractivity (Wildman–Crippen MR) is 99.9 cm³/mol. The summed E-state index contributed by atoms with van der Waals surface area (Å²) in [5, 5.41) is 19.5. The Morgan fingerprint density at radius 3 is 2.78 bits per heavy atom. The highest BCUT2D eigenvalue weighted by Gasteiger charge is 2.27. The number of carbonyl (C=O) groups excluding carboxylic acids is 1. The number of nitrogens with zero attached hydrogens (tertiary/aromatic N) is 5. The summed E-state index contributed by atoms with van der Waals surface area (Å²) in [4.78, 5) is 16.5. The molecule has 0 radical (unpaired) electrons. The van der Waals surface area contributed by atoms with Gasteiger partial charge in [-0.2, -0.15) is 10.2 Å². The fraction of sp³-hybridized carbons (Fsp3) is 0.533. The summed E-state index contributed by atoms with van der Waals surface area (Å²) >= 11 is 0.868. The quantitative estimate of drug-likeness (QED) is 0.132. The van der Waals surface area contributed by atoms with Crippen molar-refractivity contribution in [3.8, 4) is 0 Å². The largest absolute Gasteiger partial charge is 0.462 e. The molecule has 0 saturated carbocycles. The maximum atomic E-state index is 12.0. The second-order valence-corrected chi connectivity index (χ2v) is 6.90. The SMILES string of the molecule is CCOC(=O)c1cn[nH]c1/N=N/c1c(C(C)(C)C)nn(C)c1NSOOC. The van der Waals surface area contributed by atoms with Gasteiger partial charge in [-0.25, -0.2) is 14.4 Å². The lowest BCUT2D eigenvalue weighted by atomic mass is 9.91. The monoisotopic (exact) mass is 397 g/mol. The second-order valence-electron chi connectivity index (χ2n) is 6.39. The smallest absolute Gasteiger partial charge is 0.343 e. The molecule has 0 amide bonds. The highest BCUT2D eigenvalue weighted by molar-refractivity contribution is 7.95. The molecule has 2 rings (SSSR count). The minimum Gasteiger partial charge on any atom is -0.462 e. The van der Waals surface area contributed by atoms with Gasteiger partial charge in [0.2, 0.25) is 0 Å². The van der Waals surface area contributed by atoms with E-state index in [4.69, 9.17) is 9.07 Å². The zero-order chi connectivity index (χ0) is 20.0. The topological polar surface area (TPSA) is 128 Å². The lowest BCUT2D eigenvalue weighted by Crippen LogP contribution is -2.12. The van der Waals surface area contributed by atoms with Crippen molar-refractivity contribution in [2.75, 3.05) is 18.4 Å². The molecule has 2 heterocycles. The second kappa shape index (κ2) is 8.97. The molecule has 2 aromatic rings. The van der Waals surface area contributed by atoms with E-state index in [9.17, 15) is 4.79 Å². The van der Waals surface area contributed by atoms with Crippen LogP contribution >= 0.6 is 12.2 Å². The normalized spacial score (nSPS) is 11.9. The van der Waals surface area contributed by atoms with Gasteiger partial charge in [-0.15, -0.1) is 14.6 Å². The Balaban J connectivity index is 2.40. The summed E-state index contributed by atoms with van der Waals surface area (Å²) in [7, 11) is 3.17. The van der Waals surface area contributed by atoms with Crippen molar-refractivity contribution in [1.29, 1.82) is 0 Å². The molecular formula is C15H23N7O4S. The fourth-order valence-electron chi connectivity index (χ4n) is 2.13. The average molecular weight is 397 g/mol. The van der Waals surface area contributed by atoms with E-state index in [0.29, 0.717) is 17.2 Å². The molecule has 0 aliphatic carbocycles. The van der Waals surface area contributed by atoms with Crippen molar-refractivity contribution < 1.29 is 18.8 Å². The Kier molecular flexibility index (Phi) is 6.93. The summed E-state index contributed by atoms with van der Waals surface area (Å²) in [6.45, 7) is 8.01. The van der Waals surface area contributed by atoms with Crippen molar-refractivity contribution in [2.45, 2.75) is 33.1 Å². The van der Waals surface area contributed by atoms with E-state index in [0.717, 1.165) is 12.2 Å². The number of rotatable bonds is 8. The van der Waals surface area contributed by atoms with E-state index >= 15 is 0 Å². The fourth-order valence-corrected chi connectivity index (χ4v) is 2.54. The molecule has 0 aliphatic heterocycles. The molecule has 148 valence electrons. The molecular weight excluding hydrogens is 374 g/mol. The number of hydrogen-bond acceptors (Lipinski definition) is 10.